The Hall–Kier alpha value is -2.77. The number of carbonyl (C=O) groups is 3. The van der Waals surface area contributed by atoms with Crippen LogP contribution >= 0.6 is 23.2 Å². The molecule has 0 spiro atoms. The Labute approximate surface area is 171 Å². The second kappa shape index (κ2) is 10.5. The van der Waals surface area contributed by atoms with Crippen LogP contribution in [-0.4, -0.2) is 37.0 Å². The first kappa shape index (κ1) is 21.5. The molecule has 0 saturated heterocycles. The average molecular weight is 425 g/mol. The standard InChI is InChI=1S/C19H18Cl2N2O5/c1-12(19(26)23-16-9-13(20)7-8-15(16)21)28-18(25)10-22-17(24)11-27-14-5-3-2-4-6-14/h2-9,12H,10-11H2,1H3,(H,22,24)(H,23,26). The molecule has 0 aliphatic heterocycles. The molecule has 2 N–H and O–H groups in total. The van der Waals surface area contributed by atoms with Crippen molar-refractivity contribution in [3.05, 3.63) is 58.6 Å². The molecule has 0 fully saturated rings. The molecule has 7 nitrogen and oxygen atoms in total. The summed E-state index contributed by atoms with van der Waals surface area (Å²) in [5, 5.41) is 5.56. The minimum Gasteiger partial charge on any atom is -0.484 e. The van der Waals surface area contributed by atoms with Crippen molar-refractivity contribution in [3.8, 4) is 5.75 Å². The number of anilines is 1. The van der Waals surface area contributed by atoms with E-state index in [-0.39, 0.29) is 6.61 Å². The summed E-state index contributed by atoms with van der Waals surface area (Å²) in [6.07, 6.45) is -1.10. The van der Waals surface area contributed by atoms with E-state index >= 15 is 0 Å². The Morgan fingerprint density at radius 3 is 2.50 bits per heavy atom. The van der Waals surface area contributed by atoms with Crippen LogP contribution in [0.1, 0.15) is 6.92 Å². The molecule has 28 heavy (non-hydrogen) atoms. The smallest absolute Gasteiger partial charge is 0.326 e. The van der Waals surface area contributed by atoms with Crippen LogP contribution in [0, 0.1) is 0 Å². The lowest BCUT2D eigenvalue weighted by molar-refractivity contribution is -0.152. The lowest BCUT2D eigenvalue weighted by atomic mass is 10.3. The topological polar surface area (TPSA) is 93.7 Å². The molecule has 2 aromatic carbocycles. The normalized spacial score (nSPS) is 11.2. The minimum absolute atomic E-state index is 0.249. The molecule has 0 aliphatic carbocycles. The van der Waals surface area contributed by atoms with Crippen LogP contribution in [0.5, 0.6) is 5.75 Å². The van der Waals surface area contributed by atoms with Crippen molar-refractivity contribution in [2.45, 2.75) is 13.0 Å². The van der Waals surface area contributed by atoms with E-state index in [1.807, 2.05) is 6.07 Å². The Kier molecular flexibility index (Phi) is 8.10. The molecule has 2 aromatic rings. The first-order chi connectivity index (χ1) is 13.3. The van der Waals surface area contributed by atoms with Gasteiger partial charge in [-0.25, -0.2) is 0 Å². The van der Waals surface area contributed by atoms with Gasteiger partial charge < -0.3 is 20.1 Å². The molecular weight excluding hydrogens is 407 g/mol. The molecule has 2 rings (SSSR count). The van der Waals surface area contributed by atoms with Crippen molar-refractivity contribution < 1.29 is 23.9 Å². The zero-order valence-electron chi connectivity index (χ0n) is 14.9. The number of nitrogens with one attached hydrogen (secondary N) is 2. The van der Waals surface area contributed by atoms with Crippen LogP contribution in [0.25, 0.3) is 0 Å². The van der Waals surface area contributed by atoms with E-state index in [0.717, 1.165) is 0 Å². The van der Waals surface area contributed by atoms with Gasteiger partial charge in [-0.15, -0.1) is 0 Å². The summed E-state index contributed by atoms with van der Waals surface area (Å²) in [6, 6.07) is 13.4. The van der Waals surface area contributed by atoms with Gasteiger partial charge in [0.1, 0.15) is 12.3 Å². The first-order valence-electron chi connectivity index (χ1n) is 8.25. The summed E-state index contributed by atoms with van der Waals surface area (Å²) in [4.78, 5) is 35.6. The molecule has 0 heterocycles. The van der Waals surface area contributed by atoms with Crippen molar-refractivity contribution >= 4 is 46.7 Å². The molecule has 0 aliphatic rings. The van der Waals surface area contributed by atoms with Crippen LogP contribution in [-0.2, 0) is 19.1 Å². The predicted octanol–water partition coefficient (Wildman–Crippen LogP) is 3.06. The summed E-state index contributed by atoms with van der Waals surface area (Å²) >= 11 is 11.8. The van der Waals surface area contributed by atoms with E-state index < -0.39 is 30.4 Å². The Morgan fingerprint density at radius 2 is 1.79 bits per heavy atom. The molecule has 2 amide bonds. The number of rotatable bonds is 8. The molecule has 0 bridgehead atoms. The number of benzene rings is 2. The van der Waals surface area contributed by atoms with Crippen molar-refractivity contribution in [1.82, 2.24) is 5.32 Å². The maximum Gasteiger partial charge on any atom is 0.326 e. The molecule has 0 saturated carbocycles. The van der Waals surface area contributed by atoms with Crippen LogP contribution < -0.4 is 15.4 Å². The van der Waals surface area contributed by atoms with Gasteiger partial charge in [0.15, 0.2) is 12.7 Å². The molecule has 148 valence electrons. The van der Waals surface area contributed by atoms with Crippen LogP contribution in [0.15, 0.2) is 48.5 Å². The van der Waals surface area contributed by atoms with Gasteiger partial charge in [0.25, 0.3) is 11.8 Å². The quantitative estimate of drug-likeness (QED) is 0.635. The number of hydrogen-bond acceptors (Lipinski definition) is 5. The number of esters is 1. The third-order valence-corrected chi connectivity index (χ3v) is 3.97. The highest BCUT2D eigenvalue weighted by molar-refractivity contribution is 6.35. The molecular formula is C19H18Cl2N2O5. The average Bonchev–Trinajstić information content (AvgIpc) is 2.68. The monoisotopic (exact) mass is 424 g/mol. The van der Waals surface area contributed by atoms with Crippen molar-refractivity contribution in [2.75, 3.05) is 18.5 Å². The van der Waals surface area contributed by atoms with Crippen molar-refractivity contribution in [3.63, 3.8) is 0 Å². The van der Waals surface area contributed by atoms with E-state index in [1.54, 1.807) is 30.3 Å². The van der Waals surface area contributed by atoms with Crippen molar-refractivity contribution in [2.24, 2.45) is 0 Å². The summed E-state index contributed by atoms with van der Waals surface area (Å²) in [5.74, 6) is -1.32. The lowest BCUT2D eigenvalue weighted by Gasteiger charge is -2.14. The van der Waals surface area contributed by atoms with Crippen LogP contribution in [0.4, 0.5) is 5.69 Å². The highest BCUT2D eigenvalue weighted by atomic mass is 35.5. The predicted molar refractivity (Wildman–Crippen MR) is 106 cm³/mol. The Bertz CT molecular complexity index is 845. The first-order valence-corrected chi connectivity index (χ1v) is 9.00. The van der Waals surface area contributed by atoms with Gasteiger partial charge in [-0.2, -0.15) is 0 Å². The molecule has 9 heteroatoms. The maximum absolute atomic E-state index is 12.1. The summed E-state index contributed by atoms with van der Waals surface area (Å²) < 4.78 is 10.2. The van der Waals surface area contributed by atoms with E-state index in [1.165, 1.54) is 19.1 Å². The third-order valence-electron chi connectivity index (χ3n) is 3.41. The number of amides is 2. The second-order valence-electron chi connectivity index (χ2n) is 5.62. The van der Waals surface area contributed by atoms with Crippen LogP contribution in [0.2, 0.25) is 10.0 Å². The Morgan fingerprint density at radius 1 is 1.07 bits per heavy atom. The Balaban J connectivity index is 1.73. The molecule has 0 aromatic heterocycles. The maximum atomic E-state index is 12.1. The minimum atomic E-state index is -1.10. The van der Waals surface area contributed by atoms with E-state index in [2.05, 4.69) is 10.6 Å². The van der Waals surface area contributed by atoms with Crippen molar-refractivity contribution in [1.29, 1.82) is 0 Å². The third kappa shape index (κ3) is 7.09. The van der Waals surface area contributed by atoms with Gasteiger partial charge in [0, 0.05) is 5.02 Å². The SMILES string of the molecule is CC(OC(=O)CNC(=O)COc1ccccc1)C(=O)Nc1cc(Cl)ccc1Cl. The van der Waals surface area contributed by atoms with E-state index in [4.69, 9.17) is 32.7 Å². The highest BCUT2D eigenvalue weighted by Gasteiger charge is 2.19. The van der Waals surface area contributed by atoms with Gasteiger partial charge in [0.2, 0.25) is 0 Å². The van der Waals surface area contributed by atoms with Gasteiger partial charge in [0.05, 0.1) is 10.7 Å². The lowest BCUT2D eigenvalue weighted by Crippen LogP contribution is -2.37. The summed E-state index contributed by atoms with van der Waals surface area (Å²) in [5.41, 5.74) is 0.299. The second-order valence-corrected chi connectivity index (χ2v) is 6.47. The summed E-state index contributed by atoms with van der Waals surface area (Å²) in [7, 11) is 0. The van der Waals surface area contributed by atoms with Gasteiger partial charge in [-0.1, -0.05) is 41.4 Å². The van der Waals surface area contributed by atoms with E-state index in [9.17, 15) is 14.4 Å². The largest absolute Gasteiger partial charge is 0.484 e. The van der Waals surface area contributed by atoms with Gasteiger partial charge >= 0.3 is 5.97 Å². The summed E-state index contributed by atoms with van der Waals surface area (Å²) in [6.45, 7) is 0.749. The number of halogens is 2. The molecule has 0 radical (unpaired) electrons. The zero-order valence-corrected chi connectivity index (χ0v) is 16.4. The fraction of sp³-hybridized carbons (Fsp3) is 0.211. The number of ether oxygens (including phenoxy) is 2. The highest BCUT2D eigenvalue weighted by Crippen LogP contribution is 2.25. The van der Waals surface area contributed by atoms with Crippen LogP contribution in [0.3, 0.4) is 0 Å². The van der Waals surface area contributed by atoms with Gasteiger partial charge in [-0.3, -0.25) is 14.4 Å². The van der Waals surface area contributed by atoms with E-state index in [0.29, 0.717) is 21.5 Å². The fourth-order valence-corrected chi connectivity index (χ4v) is 2.34. The number of hydrogen-bond donors (Lipinski definition) is 2. The number of carbonyl (C=O) groups excluding carboxylic acids is 3. The van der Waals surface area contributed by atoms with Gasteiger partial charge in [-0.05, 0) is 37.3 Å². The molecule has 1 atom stereocenters. The number of para-hydroxylation sites is 1. The fourth-order valence-electron chi connectivity index (χ4n) is 2.01. The zero-order chi connectivity index (χ0) is 20.5. The molecule has 1 unspecified atom stereocenters.